The molecule has 0 unspecified atom stereocenters. The number of nitro benzene ring substituents is 1. The third-order valence-electron chi connectivity index (χ3n) is 4.12. The Morgan fingerprint density at radius 3 is 2.37 bits per heavy atom. The summed E-state index contributed by atoms with van der Waals surface area (Å²) in [6, 6.07) is 5.52. The molecular weight excluding hydrogens is 268 g/mol. The molecule has 7 heteroatoms. The Balaban J connectivity index is 1.91. The Morgan fingerprint density at radius 1 is 1.21 bits per heavy atom. The normalized spacial score (nSPS) is 21.7. The van der Waals surface area contributed by atoms with Crippen molar-refractivity contribution >= 4 is 15.7 Å². The van der Waals surface area contributed by atoms with Gasteiger partial charge in [-0.2, -0.15) is 4.31 Å². The molecule has 1 aromatic carbocycles. The highest BCUT2D eigenvalue weighted by molar-refractivity contribution is 7.89. The van der Waals surface area contributed by atoms with Gasteiger partial charge in [0.15, 0.2) is 4.90 Å². The summed E-state index contributed by atoms with van der Waals surface area (Å²) in [5.41, 5.74) is -0.187. The van der Waals surface area contributed by atoms with Crippen molar-refractivity contribution in [3.05, 3.63) is 34.4 Å². The van der Waals surface area contributed by atoms with E-state index < -0.39 is 14.9 Å². The third-order valence-corrected chi connectivity index (χ3v) is 5.96. The lowest BCUT2D eigenvalue weighted by Crippen LogP contribution is -2.61. The predicted octanol–water partition coefficient (Wildman–Crippen LogP) is 1.77. The van der Waals surface area contributed by atoms with E-state index in [0.717, 1.165) is 19.3 Å². The first kappa shape index (κ1) is 12.6. The average molecular weight is 282 g/mol. The van der Waals surface area contributed by atoms with Gasteiger partial charge in [-0.05, 0) is 24.3 Å². The molecule has 1 saturated carbocycles. The van der Waals surface area contributed by atoms with Gasteiger partial charge < -0.3 is 0 Å². The molecule has 2 fully saturated rings. The number of sulfonamides is 1. The van der Waals surface area contributed by atoms with Crippen molar-refractivity contribution in [3.63, 3.8) is 0 Å². The maximum atomic E-state index is 12.4. The number of hydrogen-bond acceptors (Lipinski definition) is 4. The molecule has 0 aromatic heterocycles. The van der Waals surface area contributed by atoms with Crippen LogP contribution in [0, 0.1) is 15.5 Å². The van der Waals surface area contributed by atoms with E-state index in [1.165, 1.54) is 28.6 Å². The summed E-state index contributed by atoms with van der Waals surface area (Å²) in [5.74, 6) is 0. The number of benzene rings is 1. The molecular formula is C12H14N2O4S. The Kier molecular flexibility index (Phi) is 2.65. The molecule has 102 valence electrons. The highest BCUT2D eigenvalue weighted by Gasteiger charge is 2.52. The standard InChI is InChI=1S/C12H14N2O4S/c15-14(16)10-4-1-2-5-11(10)19(17,18)13-8-12(9-13)6-3-7-12/h1-2,4-5H,3,6-9H2. The monoisotopic (exact) mass is 282 g/mol. The minimum atomic E-state index is -3.73. The zero-order chi connectivity index (χ0) is 13.7. The highest BCUT2D eigenvalue weighted by atomic mass is 32.2. The molecule has 0 radical (unpaired) electrons. The van der Waals surface area contributed by atoms with Crippen molar-refractivity contribution in [2.75, 3.05) is 13.1 Å². The Hall–Kier alpha value is -1.47. The van der Waals surface area contributed by atoms with Gasteiger partial charge in [0.05, 0.1) is 4.92 Å². The Bertz CT molecular complexity index is 629. The maximum absolute atomic E-state index is 12.4. The molecule has 2 aliphatic rings. The van der Waals surface area contributed by atoms with E-state index in [1.54, 1.807) is 0 Å². The fourth-order valence-electron chi connectivity index (χ4n) is 2.83. The van der Waals surface area contributed by atoms with Crippen molar-refractivity contribution in [3.8, 4) is 0 Å². The van der Waals surface area contributed by atoms with Gasteiger partial charge in [0.25, 0.3) is 5.69 Å². The second-order valence-electron chi connectivity index (χ2n) is 5.35. The lowest BCUT2D eigenvalue weighted by Gasteiger charge is -2.54. The van der Waals surface area contributed by atoms with E-state index in [9.17, 15) is 18.5 Å². The smallest absolute Gasteiger partial charge is 0.258 e. The second-order valence-corrected chi connectivity index (χ2v) is 7.26. The summed E-state index contributed by atoms with van der Waals surface area (Å²) in [5, 5.41) is 10.9. The van der Waals surface area contributed by atoms with Gasteiger partial charge in [0, 0.05) is 19.2 Å². The van der Waals surface area contributed by atoms with Crippen LogP contribution in [-0.2, 0) is 10.0 Å². The predicted molar refractivity (Wildman–Crippen MR) is 68.1 cm³/mol. The Labute approximate surface area is 111 Å². The topological polar surface area (TPSA) is 80.5 Å². The van der Waals surface area contributed by atoms with Crippen molar-refractivity contribution in [1.82, 2.24) is 4.31 Å². The molecule has 1 spiro atoms. The van der Waals surface area contributed by atoms with E-state index in [0.29, 0.717) is 13.1 Å². The van der Waals surface area contributed by atoms with E-state index in [4.69, 9.17) is 0 Å². The average Bonchev–Trinajstić information content (AvgIpc) is 2.24. The molecule has 1 heterocycles. The second kappa shape index (κ2) is 4.01. The highest BCUT2D eigenvalue weighted by Crippen LogP contribution is 2.50. The molecule has 0 N–H and O–H groups in total. The lowest BCUT2D eigenvalue weighted by molar-refractivity contribution is -0.387. The molecule has 0 amide bonds. The van der Waals surface area contributed by atoms with Gasteiger partial charge in [0.2, 0.25) is 10.0 Å². The number of nitrogens with zero attached hydrogens (tertiary/aromatic N) is 2. The van der Waals surface area contributed by atoms with Crippen LogP contribution < -0.4 is 0 Å². The fourth-order valence-corrected chi connectivity index (χ4v) is 4.65. The van der Waals surface area contributed by atoms with Crippen LogP contribution in [0.25, 0.3) is 0 Å². The first-order chi connectivity index (χ1) is 8.95. The van der Waals surface area contributed by atoms with Crippen molar-refractivity contribution in [2.45, 2.75) is 24.2 Å². The number of nitro groups is 1. The first-order valence-corrected chi connectivity index (χ1v) is 7.62. The SMILES string of the molecule is O=[N+]([O-])c1ccccc1S(=O)(=O)N1CC2(CCC2)C1. The van der Waals surface area contributed by atoms with Crippen LogP contribution in [0.4, 0.5) is 5.69 Å². The van der Waals surface area contributed by atoms with E-state index in [2.05, 4.69) is 0 Å². The largest absolute Gasteiger partial charge is 0.289 e. The van der Waals surface area contributed by atoms with Crippen LogP contribution in [0.5, 0.6) is 0 Å². The molecule has 0 atom stereocenters. The van der Waals surface area contributed by atoms with Crippen molar-refractivity contribution < 1.29 is 13.3 Å². The minimum Gasteiger partial charge on any atom is -0.258 e. The number of rotatable bonds is 3. The molecule has 1 saturated heterocycles. The molecule has 1 aliphatic carbocycles. The summed E-state index contributed by atoms with van der Waals surface area (Å²) in [6.07, 6.45) is 3.28. The lowest BCUT2D eigenvalue weighted by atomic mass is 9.65. The maximum Gasteiger partial charge on any atom is 0.289 e. The molecule has 19 heavy (non-hydrogen) atoms. The third kappa shape index (κ3) is 1.84. The van der Waals surface area contributed by atoms with Crippen LogP contribution in [0.3, 0.4) is 0 Å². The van der Waals surface area contributed by atoms with E-state index in [1.807, 2.05) is 0 Å². The van der Waals surface area contributed by atoms with Crippen molar-refractivity contribution in [1.29, 1.82) is 0 Å². The van der Waals surface area contributed by atoms with Crippen LogP contribution in [0.2, 0.25) is 0 Å². The number of para-hydroxylation sites is 1. The summed E-state index contributed by atoms with van der Waals surface area (Å²) < 4.78 is 26.1. The number of hydrogen-bond donors (Lipinski definition) is 0. The van der Waals surface area contributed by atoms with Gasteiger partial charge in [-0.25, -0.2) is 8.42 Å². The van der Waals surface area contributed by atoms with Crippen LogP contribution in [0.15, 0.2) is 29.2 Å². The van der Waals surface area contributed by atoms with E-state index >= 15 is 0 Å². The fraction of sp³-hybridized carbons (Fsp3) is 0.500. The summed E-state index contributed by atoms with van der Waals surface area (Å²) >= 11 is 0. The van der Waals surface area contributed by atoms with Gasteiger partial charge in [-0.3, -0.25) is 10.1 Å². The van der Waals surface area contributed by atoms with Crippen molar-refractivity contribution in [2.24, 2.45) is 5.41 Å². The van der Waals surface area contributed by atoms with E-state index in [-0.39, 0.29) is 16.0 Å². The molecule has 0 bridgehead atoms. The minimum absolute atomic E-state index is 0.163. The summed E-state index contributed by atoms with van der Waals surface area (Å²) in [7, 11) is -3.73. The summed E-state index contributed by atoms with van der Waals surface area (Å²) in [4.78, 5) is 10.1. The van der Waals surface area contributed by atoms with Gasteiger partial charge in [-0.15, -0.1) is 0 Å². The zero-order valence-corrected chi connectivity index (χ0v) is 11.1. The molecule has 6 nitrogen and oxygen atoms in total. The van der Waals surface area contributed by atoms with Crippen LogP contribution in [0.1, 0.15) is 19.3 Å². The molecule has 3 rings (SSSR count). The molecule has 1 aromatic rings. The van der Waals surface area contributed by atoms with Crippen LogP contribution >= 0.6 is 0 Å². The quantitative estimate of drug-likeness (QED) is 0.625. The summed E-state index contributed by atoms with van der Waals surface area (Å²) in [6.45, 7) is 1.00. The zero-order valence-electron chi connectivity index (χ0n) is 10.3. The first-order valence-electron chi connectivity index (χ1n) is 6.18. The molecule has 1 aliphatic heterocycles. The Morgan fingerprint density at radius 2 is 1.84 bits per heavy atom. The van der Waals surface area contributed by atoms with Gasteiger partial charge in [0.1, 0.15) is 0 Å². The van der Waals surface area contributed by atoms with Gasteiger partial charge >= 0.3 is 0 Å². The van der Waals surface area contributed by atoms with Gasteiger partial charge in [-0.1, -0.05) is 18.6 Å². The van der Waals surface area contributed by atoms with Crippen LogP contribution in [-0.4, -0.2) is 30.7 Å².